The molecule has 0 saturated heterocycles. The number of aromatic hydroxyl groups is 1. The van der Waals surface area contributed by atoms with Gasteiger partial charge in [0.25, 0.3) is 5.69 Å². The van der Waals surface area contributed by atoms with Gasteiger partial charge in [0.1, 0.15) is 5.69 Å². The quantitative estimate of drug-likeness (QED) is 0.431. The predicted molar refractivity (Wildman–Crippen MR) is 90.5 cm³/mol. The maximum Gasteiger partial charge on any atom is 0.312 e. The van der Waals surface area contributed by atoms with Crippen molar-refractivity contribution in [1.82, 2.24) is 4.98 Å². The standard InChI is InChI=1S/C17H13N3O5/c1-24-15-9-12(20(22)23)7-8-13(15)18-10-14-17(21)25-16(19-14)11-5-3-2-4-6-11/h2-10,21H,1H3. The summed E-state index contributed by atoms with van der Waals surface area (Å²) in [6.45, 7) is 0. The number of nitrogens with zero attached hydrogens (tertiary/aromatic N) is 3. The Bertz CT molecular complexity index is 935. The van der Waals surface area contributed by atoms with Crippen LogP contribution in [0.1, 0.15) is 5.69 Å². The van der Waals surface area contributed by atoms with Crippen molar-refractivity contribution in [3.05, 3.63) is 64.3 Å². The maximum atomic E-state index is 10.8. The Kier molecular flexibility index (Phi) is 4.42. The minimum atomic E-state index is -0.522. The zero-order valence-corrected chi connectivity index (χ0v) is 13.1. The molecule has 0 atom stereocenters. The van der Waals surface area contributed by atoms with Crippen LogP contribution in [-0.4, -0.2) is 28.3 Å². The van der Waals surface area contributed by atoms with E-state index >= 15 is 0 Å². The van der Waals surface area contributed by atoms with Crippen LogP contribution < -0.4 is 4.74 Å². The molecule has 3 aromatic rings. The molecular weight excluding hydrogens is 326 g/mol. The zero-order chi connectivity index (χ0) is 17.8. The molecule has 8 nitrogen and oxygen atoms in total. The first kappa shape index (κ1) is 16.2. The molecule has 2 aromatic carbocycles. The van der Waals surface area contributed by atoms with E-state index in [1.165, 1.54) is 31.5 Å². The highest BCUT2D eigenvalue weighted by atomic mass is 16.6. The summed E-state index contributed by atoms with van der Waals surface area (Å²) in [6.07, 6.45) is 1.30. The Labute approximate surface area is 142 Å². The highest BCUT2D eigenvalue weighted by Gasteiger charge is 2.13. The number of benzene rings is 2. The molecule has 0 radical (unpaired) electrons. The van der Waals surface area contributed by atoms with E-state index in [1.54, 1.807) is 12.1 Å². The molecule has 0 bridgehead atoms. The average molecular weight is 339 g/mol. The van der Waals surface area contributed by atoms with Crippen molar-refractivity contribution in [2.45, 2.75) is 0 Å². The first-order chi connectivity index (χ1) is 12.1. The van der Waals surface area contributed by atoms with Gasteiger partial charge in [-0.3, -0.25) is 15.1 Å². The van der Waals surface area contributed by atoms with Crippen LogP contribution in [0, 0.1) is 10.1 Å². The molecule has 1 N–H and O–H groups in total. The lowest BCUT2D eigenvalue weighted by Gasteiger charge is -2.03. The lowest BCUT2D eigenvalue weighted by Crippen LogP contribution is -1.90. The van der Waals surface area contributed by atoms with Crippen molar-refractivity contribution in [3.63, 3.8) is 0 Å². The molecule has 0 aliphatic rings. The van der Waals surface area contributed by atoms with E-state index in [-0.39, 0.29) is 29.0 Å². The Morgan fingerprint density at radius 2 is 2.04 bits per heavy atom. The number of aromatic nitrogens is 1. The molecule has 0 aliphatic carbocycles. The topological polar surface area (TPSA) is 111 Å². The molecule has 1 heterocycles. The van der Waals surface area contributed by atoms with Gasteiger partial charge in [-0.2, -0.15) is 0 Å². The molecule has 0 saturated carbocycles. The highest BCUT2D eigenvalue weighted by molar-refractivity contribution is 5.83. The van der Waals surface area contributed by atoms with E-state index in [9.17, 15) is 15.2 Å². The second-order valence-electron chi connectivity index (χ2n) is 4.95. The Morgan fingerprint density at radius 1 is 1.28 bits per heavy atom. The van der Waals surface area contributed by atoms with Gasteiger partial charge in [0.05, 0.1) is 24.3 Å². The number of nitro benzene ring substituents is 1. The van der Waals surface area contributed by atoms with Gasteiger partial charge in [0.15, 0.2) is 11.4 Å². The number of ether oxygens (including phenoxy) is 1. The number of hydrogen-bond donors (Lipinski definition) is 1. The number of oxazole rings is 1. The van der Waals surface area contributed by atoms with Gasteiger partial charge >= 0.3 is 5.95 Å². The summed E-state index contributed by atoms with van der Waals surface area (Å²) in [7, 11) is 1.39. The highest BCUT2D eigenvalue weighted by Crippen LogP contribution is 2.32. The Morgan fingerprint density at radius 3 is 2.72 bits per heavy atom. The largest absolute Gasteiger partial charge is 0.494 e. The van der Waals surface area contributed by atoms with E-state index < -0.39 is 4.92 Å². The predicted octanol–water partition coefficient (Wildman–Crippen LogP) is 3.71. The van der Waals surface area contributed by atoms with Crippen LogP contribution in [0.15, 0.2) is 57.9 Å². The zero-order valence-electron chi connectivity index (χ0n) is 13.1. The summed E-state index contributed by atoms with van der Waals surface area (Å²) < 4.78 is 10.3. The smallest absolute Gasteiger partial charge is 0.312 e. The lowest BCUT2D eigenvalue weighted by atomic mass is 10.2. The fourth-order valence-electron chi connectivity index (χ4n) is 2.13. The number of nitro groups is 1. The van der Waals surface area contributed by atoms with E-state index in [1.807, 2.05) is 18.2 Å². The van der Waals surface area contributed by atoms with Gasteiger partial charge in [-0.1, -0.05) is 18.2 Å². The summed E-state index contributed by atoms with van der Waals surface area (Å²) in [4.78, 5) is 18.6. The van der Waals surface area contributed by atoms with Crippen LogP contribution in [0.2, 0.25) is 0 Å². The number of aliphatic imine (C=N–C) groups is 1. The fourth-order valence-corrected chi connectivity index (χ4v) is 2.13. The van der Waals surface area contributed by atoms with E-state index in [0.717, 1.165) is 0 Å². The first-order valence-electron chi connectivity index (χ1n) is 7.20. The average Bonchev–Trinajstić information content (AvgIpc) is 3.01. The minimum absolute atomic E-state index is 0.105. The molecular formula is C17H13N3O5. The molecule has 0 spiro atoms. The van der Waals surface area contributed by atoms with Gasteiger partial charge in [-0.05, 0) is 18.2 Å². The summed E-state index contributed by atoms with van der Waals surface area (Å²) >= 11 is 0. The van der Waals surface area contributed by atoms with Crippen molar-refractivity contribution in [3.8, 4) is 23.1 Å². The molecule has 3 rings (SSSR count). The van der Waals surface area contributed by atoms with Crippen molar-refractivity contribution in [2.75, 3.05) is 7.11 Å². The van der Waals surface area contributed by atoms with Crippen LogP contribution >= 0.6 is 0 Å². The molecule has 25 heavy (non-hydrogen) atoms. The summed E-state index contributed by atoms with van der Waals surface area (Å²) in [5.74, 6) is 0.121. The second kappa shape index (κ2) is 6.83. The third-order valence-corrected chi connectivity index (χ3v) is 3.36. The van der Waals surface area contributed by atoms with Crippen LogP contribution in [0.4, 0.5) is 11.4 Å². The molecule has 0 amide bonds. The van der Waals surface area contributed by atoms with Crippen LogP contribution in [0.25, 0.3) is 11.5 Å². The number of hydrogen-bond acceptors (Lipinski definition) is 7. The van der Waals surface area contributed by atoms with Gasteiger partial charge in [-0.15, -0.1) is 0 Å². The molecule has 8 heteroatoms. The van der Waals surface area contributed by atoms with Crippen LogP contribution in [-0.2, 0) is 0 Å². The van der Waals surface area contributed by atoms with Gasteiger partial charge in [-0.25, -0.2) is 4.98 Å². The van der Waals surface area contributed by atoms with Crippen LogP contribution in [0.5, 0.6) is 11.7 Å². The van der Waals surface area contributed by atoms with Gasteiger partial charge < -0.3 is 14.3 Å². The summed E-state index contributed by atoms with van der Waals surface area (Å²) in [6, 6.07) is 13.1. The molecule has 1 aromatic heterocycles. The monoisotopic (exact) mass is 339 g/mol. The number of rotatable bonds is 5. The Balaban J connectivity index is 1.90. The Hall–Kier alpha value is -3.68. The van der Waals surface area contributed by atoms with E-state index in [2.05, 4.69) is 9.98 Å². The van der Waals surface area contributed by atoms with Crippen molar-refractivity contribution < 1.29 is 19.2 Å². The van der Waals surface area contributed by atoms with E-state index in [0.29, 0.717) is 11.3 Å². The number of methoxy groups -OCH3 is 1. The van der Waals surface area contributed by atoms with Crippen molar-refractivity contribution >= 4 is 17.6 Å². The number of non-ortho nitro benzene ring substituents is 1. The second-order valence-corrected chi connectivity index (χ2v) is 4.95. The normalized spacial score (nSPS) is 10.9. The maximum absolute atomic E-state index is 10.8. The van der Waals surface area contributed by atoms with Crippen LogP contribution in [0.3, 0.4) is 0 Å². The van der Waals surface area contributed by atoms with Crippen molar-refractivity contribution in [2.24, 2.45) is 4.99 Å². The third-order valence-electron chi connectivity index (χ3n) is 3.36. The summed E-state index contributed by atoms with van der Waals surface area (Å²) in [5, 5.41) is 20.7. The molecule has 0 fully saturated rings. The third kappa shape index (κ3) is 3.47. The van der Waals surface area contributed by atoms with E-state index in [4.69, 9.17) is 9.15 Å². The fraction of sp³-hybridized carbons (Fsp3) is 0.0588. The van der Waals surface area contributed by atoms with Gasteiger partial charge in [0, 0.05) is 11.6 Å². The summed E-state index contributed by atoms with van der Waals surface area (Å²) in [5.41, 5.74) is 1.10. The molecule has 0 aliphatic heterocycles. The lowest BCUT2D eigenvalue weighted by molar-refractivity contribution is -0.384. The van der Waals surface area contributed by atoms with Crippen molar-refractivity contribution in [1.29, 1.82) is 0 Å². The first-order valence-corrected chi connectivity index (χ1v) is 7.20. The molecule has 126 valence electrons. The minimum Gasteiger partial charge on any atom is -0.494 e. The van der Waals surface area contributed by atoms with Gasteiger partial charge in [0.2, 0.25) is 5.89 Å². The SMILES string of the molecule is COc1cc([N+](=O)[O-])ccc1N=Cc1nc(-c2ccccc2)oc1O. The molecule has 0 unspecified atom stereocenters.